The molecule has 3 rings (SSSR count). The number of halogens is 1. The van der Waals surface area contributed by atoms with Crippen molar-refractivity contribution in [2.75, 3.05) is 0 Å². The molecule has 0 aromatic heterocycles. The second kappa shape index (κ2) is 5.14. The van der Waals surface area contributed by atoms with Gasteiger partial charge in [0.2, 0.25) is 0 Å². The van der Waals surface area contributed by atoms with Gasteiger partial charge in [0.1, 0.15) is 0 Å². The summed E-state index contributed by atoms with van der Waals surface area (Å²) in [5.74, 6) is 0.137. The van der Waals surface area contributed by atoms with Crippen LogP contribution in [0.5, 0.6) is 0 Å². The van der Waals surface area contributed by atoms with Gasteiger partial charge in [0, 0.05) is 10.7 Å². The average molecular weight is 335 g/mol. The van der Waals surface area contributed by atoms with E-state index >= 15 is 0 Å². The number of aliphatic hydroxyl groups excluding tert-OH is 2. The SMILES string of the molecule is CC1=CC(c2ccc3c(c2)CC(Br)C3O)=CC(C)C1O. The van der Waals surface area contributed by atoms with Crippen molar-refractivity contribution < 1.29 is 10.2 Å². The number of hydrogen-bond donors (Lipinski definition) is 2. The highest BCUT2D eigenvalue weighted by atomic mass is 79.9. The molecule has 4 unspecified atom stereocenters. The minimum Gasteiger partial charge on any atom is -0.388 e. The van der Waals surface area contributed by atoms with E-state index in [1.54, 1.807) is 0 Å². The summed E-state index contributed by atoms with van der Waals surface area (Å²) in [6.45, 7) is 4.01. The van der Waals surface area contributed by atoms with E-state index < -0.39 is 6.10 Å². The van der Waals surface area contributed by atoms with Crippen LogP contribution in [0.1, 0.15) is 36.6 Å². The minimum absolute atomic E-state index is 0.117. The van der Waals surface area contributed by atoms with Gasteiger partial charge in [0.15, 0.2) is 0 Å². The first kappa shape index (κ1) is 14.1. The fraction of sp³-hybridized carbons (Fsp3) is 0.412. The van der Waals surface area contributed by atoms with E-state index in [0.29, 0.717) is 0 Å². The fourth-order valence-corrected chi connectivity index (χ4v) is 3.75. The summed E-state index contributed by atoms with van der Waals surface area (Å²) in [4.78, 5) is 0.117. The number of allylic oxidation sites excluding steroid dienone is 2. The molecule has 20 heavy (non-hydrogen) atoms. The zero-order valence-electron chi connectivity index (χ0n) is 11.7. The monoisotopic (exact) mass is 334 g/mol. The first-order valence-corrected chi connectivity index (χ1v) is 7.92. The van der Waals surface area contributed by atoms with E-state index in [-0.39, 0.29) is 16.8 Å². The quantitative estimate of drug-likeness (QED) is 0.773. The first-order chi connectivity index (χ1) is 9.47. The van der Waals surface area contributed by atoms with Gasteiger partial charge >= 0.3 is 0 Å². The first-order valence-electron chi connectivity index (χ1n) is 7.01. The van der Waals surface area contributed by atoms with Crippen LogP contribution in [0.15, 0.2) is 35.9 Å². The summed E-state index contributed by atoms with van der Waals surface area (Å²) < 4.78 is 0. The molecular weight excluding hydrogens is 316 g/mol. The molecule has 0 radical (unpaired) electrons. The van der Waals surface area contributed by atoms with Gasteiger partial charge in [0.05, 0.1) is 12.2 Å². The third kappa shape index (κ3) is 2.28. The lowest BCUT2D eigenvalue weighted by molar-refractivity contribution is 0.172. The van der Waals surface area contributed by atoms with Crippen molar-refractivity contribution in [3.63, 3.8) is 0 Å². The van der Waals surface area contributed by atoms with Crippen LogP contribution in [0.4, 0.5) is 0 Å². The van der Waals surface area contributed by atoms with Crippen LogP contribution in [0.2, 0.25) is 0 Å². The maximum absolute atomic E-state index is 10.1. The van der Waals surface area contributed by atoms with Crippen LogP contribution < -0.4 is 0 Å². The molecule has 0 bridgehead atoms. The molecule has 0 aliphatic heterocycles. The molecule has 0 amide bonds. The molecule has 2 aliphatic carbocycles. The summed E-state index contributed by atoms with van der Waals surface area (Å²) >= 11 is 3.52. The van der Waals surface area contributed by atoms with Gasteiger partial charge in [-0.1, -0.05) is 53.2 Å². The van der Waals surface area contributed by atoms with Gasteiger partial charge < -0.3 is 10.2 Å². The summed E-state index contributed by atoms with van der Waals surface area (Å²) in [7, 11) is 0. The lowest BCUT2D eigenvalue weighted by Crippen LogP contribution is -2.20. The van der Waals surface area contributed by atoms with E-state index in [0.717, 1.165) is 28.7 Å². The summed E-state index contributed by atoms with van der Waals surface area (Å²) in [5, 5.41) is 20.0. The van der Waals surface area contributed by atoms with Gasteiger partial charge in [-0.3, -0.25) is 0 Å². The predicted octanol–water partition coefficient (Wildman–Crippen LogP) is 3.38. The zero-order chi connectivity index (χ0) is 14.4. The molecule has 0 fully saturated rings. The summed E-state index contributed by atoms with van der Waals surface area (Å²) in [6, 6.07) is 6.25. The maximum atomic E-state index is 10.1. The Kier molecular flexibility index (Phi) is 3.61. The topological polar surface area (TPSA) is 40.5 Å². The highest BCUT2D eigenvalue weighted by Crippen LogP contribution is 2.38. The third-order valence-corrected chi connectivity index (χ3v) is 5.17. The Morgan fingerprint density at radius 3 is 2.65 bits per heavy atom. The maximum Gasteiger partial charge on any atom is 0.0920 e. The molecule has 3 heteroatoms. The molecule has 1 aromatic rings. The van der Waals surface area contributed by atoms with E-state index in [1.165, 1.54) is 5.56 Å². The van der Waals surface area contributed by atoms with E-state index in [4.69, 9.17) is 0 Å². The van der Waals surface area contributed by atoms with Crippen molar-refractivity contribution in [1.82, 2.24) is 0 Å². The van der Waals surface area contributed by atoms with Crippen molar-refractivity contribution >= 4 is 21.5 Å². The Balaban J connectivity index is 1.98. The molecular formula is C17H19BrO2. The molecule has 0 heterocycles. The number of hydrogen-bond acceptors (Lipinski definition) is 2. The molecule has 0 saturated carbocycles. The smallest absolute Gasteiger partial charge is 0.0920 e. The van der Waals surface area contributed by atoms with E-state index in [2.05, 4.69) is 40.2 Å². The Hall–Kier alpha value is -0.900. The van der Waals surface area contributed by atoms with Crippen LogP contribution in [0.25, 0.3) is 5.57 Å². The zero-order valence-corrected chi connectivity index (χ0v) is 13.3. The summed E-state index contributed by atoms with van der Waals surface area (Å²) in [5.41, 5.74) is 5.57. The highest BCUT2D eigenvalue weighted by Gasteiger charge is 2.29. The standard InChI is InChI=1S/C17H19BrO2/c1-9-5-12(6-10(2)16(9)19)11-3-4-14-13(7-11)8-15(18)17(14)20/h3-7,9,15-17,19-20H,8H2,1-2H3. The van der Waals surface area contributed by atoms with Crippen LogP contribution in [-0.2, 0) is 6.42 Å². The summed E-state index contributed by atoms with van der Waals surface area (Å²) in [6.07, 6.45) is 4.26. The number of alkyl halides is 1. The van der Waals surface area contributed by atoms with Gasteiger partial charge in [-0.15, -0.1) is 0 Å². The van der Waals surface area contributed by atoms with Gasteiger partial charge in [-0.05, 0) is 41.2 Å². The van der Waals surface area contributed by atoms with Crippen molar-refractivity contribution in [1.29, 1.82) is 0 Å². The van der Waals surface area contributed by atoms with Crippen molar-refractivity contribution in [3.8, 4) is 0 Å². The van der Waals surface area contributed by atoms with E-state index in [1.807, 2.05) is 19.9 Å². The van der Waals surface area contributed by atoms with Crippen LogP contribution >= 0.6 is 15.9 Å². The predicted molar refractivity (Wildman–Crippen MR) is 84.7 cm³/mol. The van der Waals surface area contributed by atoms with E-state index in [9.17, 15) is 10.2 Å². The van der Waals surface area contributed by atoms with Crippen molar-refractivity contribution in [2.24, 2.45) is 5.92 Å². The number of aliphatic hydroxyl groups is 2. The molecule has 4 atom stereocenters. The molecule has 1 aromatic carbocycles. The van der Waals surface area contributed by atoms with Crippen molar-refractivity contribution in [3.05, 3.63) is 52.6 Å². The lowest BCUT2D eigenvalue weighted by atomic mass is 9.86. The Morgan fingerprint density at radius 2 is 1.95 bits per heavy atom. The number of fused-ring (bicyclic) bond motifs is 1. The number of rotatable bonds is 1. The average Bonchev–Trinajstić information content (AvgIpc) is 2.70. The highest BCUT2D eigenvalue weighted by molar-refractivity contribution is 9.09. The molecule has 0 saturated heterocycles. The normalized spacial score (nSPS) is 32.6. The molecule has 0 spiro atoms. The van der Waals surface area contributed by atoms with Crippen molar-refractivity contribution in [2.45, 2.75) is 37.3 Å². The van der Waals surface area contributed by atoms with Gasteiger partial charge in [0.25, 0.3) is 0 Å². The Labute approximate surface area is 128 Å². The molecule has 2 aliphatic rings. The lowest BCUT2D eigenvalue weighted by Gasteiger charge is -2.23. The number of benzene rings is 1. The van der Waals surface area contributed by atoms with Gasteiger partial charge in [-0.2, -0.15) is 0 Å². The third-order valence-electron chi connectivity index (χ3n) is 4.34. The largest absolute Gasteiger partial charge is 0.388 e. The Bertz CT molecular complexity index is 603. The minimum atomic E-state index is -0.405. The van der Waals surface area contributed by atoms with Crippen LogP contribution in [0.3, 0.4) is 0 Å². The van der Waals surface area contributed by atoms with Crippen LogP contribution in [0, 0.1) is 5.92 Å². The van der Waals surface area contributed by atoms with Crippen LogP contribution in [-0.4, -0.2) is 21.1 Å². The fourth-order valence-electron chi connectivity index (χ4n) is 3.11. The second-order valence-corrected chi connectivity index (χ2v) is 7.07. The Morgan fingerprint density at radius 1 is 1.20 bits per heavy atom. The molecule has 106 valence electrons. The molecule has 2 nitrogen and oxygen atoms in total. The molecule has 2 N–H and O–H groups in total. The van der Waals surface area contributed by atoms with Gasteiger partial charge in [-0.25, -0.2) is 0 Å². The second-order valence-electron chi connectivity index (χ2n) is 5.89.